The number of rotatable bonds is 2. The van der Waals surface area contributed by atoms with E-state index in [1.807, 2.05) is 0 Å². The summed E-state index contributed by atoms with van der Waals surface area (Å²) in [4.78, 5) is 11.0. The van der Waals surface area contributed by atoms with Gasteiger partial charge in [-0.3, -0.25) is 4.79 Å². The summed E-state index contributed by atoms with van der Waals surface area (Å²) < 4.78 is 42.1. The zero-order chi connectivity index (χ0) is 10.8. The Morgan fingerprint density at radius 2 is 2.14 bits per heavy atom. The van der Waals surface area contributed by atoms with E-state index in [0.717, 1.165) is 0 Å². The molecule has 0 amide bonds. The minimum absolute atomic E-state index is 0.00197. The lowest BCUT2D eigenvalue weighted by Crippen LogP contribution is -2.37. The van der Waals surface area contributed by atoms with Crippen molar-refractivity contribution in [1.29, 1.82) is 0 Å². The van der Waals surface area contributed by atoms with Crippen molar-refractivity contribution in [2.45, 2.75) is 25.4 Å². The van der Waals surface area contributed by atoms with E-state index in [0.29, 0.717) is 0 Å². The van der Waals surface area contributed by atoms with Gasteiger partial charge in [0.25, 0.3) is 0 Å². The molecule has 0 aromatic rings. The van der Waals surface area contributed by atoms with Crippen molar-refractivity contribution in [3.8, 4) is 0 Å². The molecule has 5 heteroatoms. The topological polar surface area (TPSA) is 26.3 Å². The molecule has 1 fully saturated rings. The lowest BCUT2D eigenvalue weighted by Gasteiger charge is -2.31. The van der Waals surface area contributed by atoms with Gasteiger partial charge in [-0.05, 0) is 6.42 Å². The summed E-state index contributed by atoms with van der Waals surface area (Å²) in [6.45, 7) is 0.00984. The number of carbonyl (C=O) groups is 1. The van der Waals surface area contributed by atoms with E-state index in [9.17, 15) is 18.0 Å². The molecule has 1 saturated carbocycles. The molecule has 14 heavy (non-hydrogen) atoms. The van der Waals surface area contributed by atoms with Crippen molar-refractivity contribution in [2.24, 2.45) is 11.8 Å². The molecule has 0 N–H and O–H groups in total. The highest BCUT2D eigenvalue weighted by Crippen LogP contribution is 2.40. The van der Waals surface area contributed by atoms with E-state index in [4.69, 9.17) is 4.74 Å². The van der Waals surface area contributed by atoms with Crippen LogP contribution in [0.2, 0.25) is 0 Å². The van der Waals surface area contributed by atoms with Crippen LogP contribution in [0.4, 0.5) is 13.2 Å². The number of halogens is 3. The summed E-state index contributed by atoms with van der Waals surface area (Å²) in [5.41, 5.74) is 0. The van der Waals surface area contributed by atoms with E-state index in [2.05, 4.69) is 0 Å². The first-order valence-electron chi connectivity index (χ1n) is 4.52. The van der Waals surface area contributed by atoms with Gasteiger partial charge in [0.15, 0.2) is 0 Å². The molecule has 0 heterocycles. The second kappa shape index (κ2) is 4.29. The van der Waals surface area contributed by atoms with Crippen molar-refractivity contribution in [3.05, 3.63) is 0 Å². The molecule has 2 unspecified atom stereocenters. The number of alkyl halides is 3. The van der Waals surface area contributed by atoms with Crippen LogP contribution in [0.3, 0.4) is 0 Å². The van der Waals surface area contributed by atoms with Crippen LogP contribution in [-0.2, 0) is 9.53 Å². The van der Waals surface area contributed by atoms with Gasteiger partial charge in [-0.15, -0.1) is 0 Å². The molecular formula is C9H13F3O2. The predicted octanol–water partition coefficient (Wildman–Crippen LogP) is 2.18. The van der Waals surface area contributed by atoms with Crippen LogP contribution in [-0.4, -0.2) is 25.7 Å². The van der Waals surface area contributed by atoms with E-state index in [1.165, 1.54) is 7.11 Å². The van der Waals surface area contributed by atoms with Gasteiger partial charge in [-0.2, -0.15) is 13.2 Å². The minimum atomic E-state index is -4.20. The first-order chi connectivity index (χ1) is 6.45. The van der Waals surface area contributed by atoms with Gasteiger partial charge in [-0.1, -0.05) is 0 Å². The van der Waals surface area contributed by atoms with Crippen LogP contribution in [0.5, 0.6) is 0 Å². The number of hydrogen-bond acceptors (Lipinski definition) is 2. The molecule has 1 rings (SSSR count). The van der Waals surface area contributed by atoms with Crippen LogP contribution in [0.1, 0.15) is 19.3 Å². The molecule has 0 radical (unpaired) electrons. The number of hydrogen-bond donors (Lipinski definition) is 0. The maximum absolute atomic E-state index is 12.5. The molecule has 0 aromatic heterocycles. The average Bonchev–Trinajstić information content (AvgIpc) is 2.02. The van der Waals surface area contributed by atoms with Crippen LogP contribution in [0.25, 0.3) is 0 Å². The third-order valence-corrected chi connectivity index (χ3v) is 2.59. The molecule has 0 aromatic carbocycles. The maximum Gasteiger partial charge on any atom is 0.392 e. The Bertz CT molecular complexity index is 213. The van der Waals surface area contributed by atoms with Crippen molar-refractivity contribution >= 4 is 5.78 Å². The molecule has 1 aliphatic rings. The molecule has 2 atom stereocenters. The second-order valence-electron chi connectivity index (χ2n) is 3.65. The highest BCUT2D eigenvalue weighted by atomic mass is 19.4. The van der Waals surface area contributed by atoms with Gasteiger partial charge in [0.05, 0.1) is 12.5 Å². The molecular weight excluding hydrogens is 197 g/mol. The summed E-state index contributed by atoms with van der Waals surface area (Å²) in [6.07, 6.45) is -4.25. The van der Waals surface area contributed by atoms with Crippen LogP contribution in [0.15, 0.2) is 0 Å². The molecule has 0 bridgehead atoms. The summed E-state index contributed by atoms with van der Waals surface area (Å²) in [5, 5.41) is 0. The highest BCUT2D eigenvalue weighted by Gasteiger charge is 2.46. The third kappa shape index (κ3) is 2.70. The summed E-state index contributed by atoms with van der Waals surface area (Å²) >= 11 is 0. The van der Waals surface area contributed by atoms with Gasteiger partial charge in [0.2, 0.25) is 0 Å². The first-order valence-corrected chi connectivity index (χ1v) is 4.52. The Kier molecular flexibility index (Phi) is 3.53. The fourth-order valence-electron chi connectivity index (χ4n) is 1.91. The molecule has 0 saturated heterocycles. The number of carbonyl (C=O) groups excluding carboxylic acids is 1. The van der Waals surface area contributed by atoms with E-state index < -0.39 is 18.0 Å². The van der Waals surface area contributed by atoms with Gasteiger partial charge in [-0.25, -0.2) is 0 Å². The zero-order valence-electron chi connectivity index (χ0n) is 7.93. The molecule has 2 nitrogen and oxygen atoms in total. The Morgan fingerprint density at radius 3 is 2.64 bits per heavy atom. The minimum Gasteiger partial charge on any atom is -0.384 e. The molecule has 0 aliphatic heterocycles. The van der Waals surface area contributed by atoms with E-state index in [-0.39, 0.29) is 31.7 Å². The monoisotopic (exact) mass is 210 g/mol. The van der Waals surface area contributed by atoms with Gasteiger partial charge in [0.1, 0.15) is 5.78 Å². The maximum atomic E-state index is 12.5. The largest absolute Gasteiger partial charge is 0.392 e. The van der Waals surface area contributed by atoms with Crippen molar-refractivity contribution < 1.29 is 22.7 Å². The van der Waals surface area contributed by atoms with Gasteiger partial charge < -0.3 is 4.74 Å². The Balaban J connectivity index is 2.67. The molecule has 1 aliphatic carbocycles. The van der Waals surface area contributed by atoms with Gasteiger partial charge >= 0.3 is 6.18 Å². The fraction of sp³-hybridized carbons (Fsp3) is 0.889. The second-order valence-corrected chi connectivity index (χ2v) is 3.65. The smallest absolute Gasteiger partial charge is 0.384 e. The lowest BCUT2D eigenvalue weighted by atomic mass is 9.78. The first kappa shape index (κ1) is 11.5. The summed E-state index contributed by atoms with van der Waals surface area (Å²) in [5.74, 6) is -2.16. The standard InChI is InChI=1S/C9H13F3O2/c1-14-5-6-4-7(13)2-3-8(6)9(10,11)12/h6,8H,2-5H2,1H3. The number of Topliss-reactive ketones (excluding diaryl/α,β-unsaturated/α-hetero) is 1. The normalized spacial score (nSPS) is 29.3. The van der Waals surface area contributed by atoms with Crippen LogP contribution < -0.4 is 0 Å². The van der Waals surface area contributed by atoms with Crippen LogP contribution in [0, 0.1) is 11.8 Å². The fourth-order valence-corrected chi connectivity index (χ4v) is 1.91. The molecule has 82 valence electrons. The number of methoxy groups -OCH3 is 1. The van der Waals surface area contributed by atoms with Gasteiger partial charge in [0, 0.05) is 25.9 Å². The third-order valence-electron chi connectivity index (χ3n) is 2.59. The number of ether oxygens (including phenoxy) is 1. The Labute approximate surface area is 80.4 Å². The summed E-state index contributed by atoms with van der Waals surface area (Å²) in [7, 11) is 1.35. The Morgan fingerprint density at radius 1 is 1.50 bits per heavy atom. The summed E-state index contributed by atoms with van der Waals surface area (Å²) in [6, 6.07) is 0. The van der Waals surface area contributed by atoms with E-state index >= 15 is 0 Å². The average molecular weight is 210 g/mol. The van der Waals surface area contributed by atoms with Crippen molar-refractivity contribution in [2.75, 3.05) is 13.7 Å². The van der Waals surface area contributed by atoms with Crippen LogP contribution >= 0.6 is 0 Å². The lowest BCUT2D eigenvalue weighted by molar-refractivity contribution is -0.200. The van der Waals surface area contributed by atoms with E-state index in [1.54, 1.807) is 0 Å². The quantitative estimate of drug-likeness (QED) is 0.698. The highest BCUT2D eigenvalue weighted by molar-refractivity contribution is 5.79. The predicted molar refractivity (Wildman–Crippen MR) is 43.8 cm³/mol. The van der Waals surface area contributed by atoms with Crippen molar-refractivity contribution in [3.63, 3.8) is 0 Å². The SMILES string of the molecule is COCC1CC(=O)CCC1C(F)(F)F. The van der Waals surface area contributed by atoms with Crippen molar-refractivity contribution in [1.82, 2.24) is 0 Å². The zero-order valence-corrected chi connectivity index (χ0v) is 7.93. The Hall–Kier alpha value is -0.580. The number of ketones is 1. The molecule has 0 spiro atoms.